The van der Waals surface area contributed by atoms with Crippen molar-refractivity contribution in [1.82, 2.24) is 0 Å². The number of ether oxygens (including phenoxy) is 6. The lowest BCUT2D eigenvalue weighted by Crippen LogP contribution is -2.71. The van der Waals surface area contributed by atoms with E-state index in [2.05, 4.69) is 6.08 Å². The highest BCUT2D eigenvalue weighted by atomic mass is 16.7. The Morgan fingerprint density at radius 3 is 2.23 bits per heavy atom. The molecular weight excluding hydrogens is 917 g/mol. The number of Topliss-reactive ketones (excluding diaryl/α,β-unsaturated/α-hetero) is 2. The van der Waals surface area contributed by atoms with Crippen LogP contribution in [0.25, 0.3) is 6.08 Å². The summed E-state index contributed by atoms with van der Waals surface area (Å²) in [5.74, 6) is -9.01. The molecule has 2 saturated carbocycles. The lowest BCUT2D eigenvalue weighted by Gasteiger charge is -2.57. The fourth-order valence-electron chi connectivity index (χ4n) is 11.0. The quantitative estimate of drug-likeness (QED) is 0.0709. The number of carbonyl (C=O) groups excluding carboxylic acids is 4. The van der Waals surface area contributed by atoms with E-state index in [1.54, 1.807) is 13.0 Å². The number of esters is 2. The molecule has 17 heteroatoms. The van der Waals surface area contributed by atoms with Crippen LogP contribution in [0.15, 0.2) is 64.8 Å². The normalized spacial score (nSPS) is 31.5. The molecule has 5 aliphatic rings. The second-order valence-electron chi connectivity index (χ2n) is 20.1. The molecule has 2 aromatic rings. The van der Waals surface area contributed by atoms with Gasteiger partial charge < -0.3 is 54.0 Å². The molecule has 12 atom stereocenters. The van der Waals surface area contributed by atoms with E-state index in [0.29, 0.717) is 24.0 Å². The Bertz CT molecular complexity index is 2690. The largest absolute Gasteiger partial charge is 0.482 e. The zero-order valence-corrected chi connectivity index (χ0v) is 41.3. The summed E-state index contributed by atoms with van der Waals surface area (Å²) < 4.78 is 36.9. The predicted molar refractivity (Wildman–Crippen MR) is 254 cm³/mol. The molecule has 17 nitrogen and oxygen atoms in total. The molecule has 378 valence electrons. The highest BCUT2D eigenvalue weighted by molar-refractivity contribution is 6.10. The molecule has 1 saturated heterocycles. The SMILES string of the molecule is COC(=O)/C(C)=C1\CC2(O)C(=O)CC(C1C)C21Oc2c(CC=C(C)C)c3c(c(OC(=O)c4ccc(O[C@H]5O[C@@H](CO)[C@H](O)[C@@H](O)[C@@H]5O)cc4)c2C(=O)C1C(C)C(C#N)C#N)C=CC(C)(CCC=C(C)C)O3. The number of hydrogen-bond acceptors (Lipinski definition) is 17. The monoisotopic (exact) mass is 978 g/mol. The molecule has 0 radical (unpaired) electrons. The number of hydrogen-bond donors (Lipinski definition) is 5. The van der Waals surface area contributed by atoms with Crippen LogP contribution in [0.1, 0.15) is 113 Å². The van der Waals surface area contributed by atoms with Crippen molar-refractivity contribution in [2.45, 2.75) is 135 Å². The Kier molecular flexibility index (Phi) is 14.9. The number of fused-ring (bicyclic) bond motifs is 2. The summed E-state index contributed by atoms with van der Waals surface area (Å²) in [6.07, 6.45) is 0.310. The molecule has 2 aliphatic carbocycles. The number of allylic oxidation sites excluding steroid dienone is 4. The topological polar surface area (TPSA) is 272 Å². The molecule has 5 N–H and O–H groups in total. The molecule has 1 spiro atoms. The van der Waals surface area contributed by atoms with Crippen LogP contribution >= 0.6 is 0 Å². The van der Waals surface area contributed by atoms with Crippen molar-refractivity contribution < 1.29 is 73.1 Å². The van der Waals surface area contributed by atoms with Crippen LogP contribution in [0.4, 0.5) is 0 Å². The number of aliphatic hydroxyl groups is 5. The van der Waals surface area contributed by atoms with E-state index in [-0.39, 0.29) is 58.1 Å². The summed E-state index contributed by atoms with van der Waals surface area (Å²) in [4.78, 5) is 58.2. The average Bonchev–Trinajstić information content (AvgIpc) is 3.46. The van der Waals surface area contributed by atoms with Gasteiger partial charge in [-0.2, -0.15) is 10.5 Å². The van der Waals surface area contributed by atoms with E-state index in [9.17, 15) is 50.4 Å². The number of carbonyl (C=O) groups is 4. The lowest BCUT2D eigenvalue weighted by atomic mass is 9.54. The van der Waals surface area contributed by atoms with Crippen molar-refractivity contribution in [2.75, 3.05) is 13.7 Å². The van der Waals surface area contributed by atoms with Crippen LogP contribution < -0.4 is 18.9 Å². The van der Waals surface area contributed by atoms with E-state index in [4.69, 9.17) is 28.4 Å². The van der Waals surface area contributed by atoms with Gasteiger partial charge in [-0.05, 0) is 109 Å². The third-order valence-corrected chi connectivity index (χ3v) is 15.0. The maximum Gasteiger partial charge on any atom is 0.343 e. The number of nitriles is 2. The first-order chi connectivity index (χ1) is 33.5. The van der Waals surface area contributed by atoms with Gasteiger partial charge in [0.25, 0.3) is 0 Å². The number of benzene rings is 2. The Hall–Kier alpha value is -6.18. The minimum Gasteiger partial charge on any atom is -0.482 e. The molecule has 0 amide bonds. The number of aliphatic hydroxyl groups excluding tert-OH is 4. The molecule has 0 aromatic heterocycles. The number of nitrogens with zero attached hydrogens (tertiary/aromatic N) is 2. The van der Waals surface area contributed by atoms with Gasteiger partial charge in [-0.1, -0.05) is 42.7 Å². The second-order valence-corrected chi connectivity index (χ2v) is 20.1. The summed E-state index contributed by atoms with van der Waals surface area (Å²) in [5.41, 5.74) is -2.64. The van der Waals surface area contributed by atoms with Crippen molar-refractivity contribution in [3.63, 3.8) is 0 Å². The molecule has 2 bridgehead atoms. The van der Waals surface area contributed by atoms with E-state index in [1.165, 1.54) is 45.2 Å². The van der Waals surface area contributed by atoms with Gasteiger partial charge in [-0.25, -0.2) is 9.59 Å². The van der Waals surface area contributed by atoms with E-state index >= 15 is 4.79 Å². The van der Waals surface area contributed by atoms with Crippen LogP contribution in [0.2, 0.25) is 0 Å². The Morgan fingerprint density at radius 1 is 0.958 bits per heavy atom. The van der Waals surface area contributed by atoms with Crippen molar-refractivity contribution in [3.8, 4) is 35.1 Å². The maximum absolute atomic E-state index is 16.1. The summed E-state index contributed by atoms with van der Waals surface area (Å²) in [6.45, 7) is 13.8. The first-order valence-electron chi connectivity index (χ1n) is 23.8. The van der Waals surface area contributed by atoms with E-state index in [1.807, 2.05) is 58.9 Å². The Balaban J connectivity index is 1.44. The maximum atomic E-state index is 16.1. The third-order valence-electron chi connectivity index (χ3n) is 15.0. The van der Waals surface area contributed by atoms with Crippen LogP contribution in [-0.4, -0.2) is 110 Å². The molecule has 3 heterocycles. The van der Waals surface area contributed by atoms with Crippen LogP contribution in [0, 0.1) is 52.3 Å². The molecule has 7 unspecified atom stereocenters. The van der Waals surface area contributed by atoms with Gasteiger partial charge in [0.15, 0.2) is 28.5 Å². The molecule has 71 heavy (non-hydrogen) atoms. The standard InChI is InChI=1S/C54H62N2O15/c1-26(2)11-10-19-52(8)20-18-35-46(70-52)34(17-12-27(3)4)48-40(47(35)69-50(64)31-13-15-33(16-14-31)67-51-45(62)44(61)42(59)38(25-57)68-51)43(60)41(28(5)32(23-55)24-56)54(71-48)37-21-39(58)53(54,65)22-36(29(37)6)30(7)49(63)66-9/h11-16,18,20,28-29,32,37-38,41-42,44-45,51,57,59,61-62,65H,10,17,19,21-22,25H2,1-9H3/b36-30+/t28?,29?,37?,38-,41?,42-,44+,45-,51-,52?,53?,54?/m0/s1. The fraction of sp³-hybridized carbons (Fsp3) is 0.519. The number of rotatable bonds is 13. The smallest absolute Gasteiger partial charge is 0.343 e. The summed E-state index contributed by atoms with van der Waals surface area (Å²) >= 11 is 0. The third kappa shape index (κ3) is 9.09. The van der Waals surface area contributed by atoms with Crippen LogP contribution in [0.5, 0.6) is 23.0 Å². The van der Waals surface area contributed by atoms with Gasteiger partial charge in [0.05, 0.1) is 42.9 Å². The van der Waals surface area contributed by atoms with Crippen molar-refractivity contribution >= 4 is 29.6 Å². The van der Waals surface area contributed by atoms with Gasteiger partial charge in [-0.15, -0.1) is 0 Å². The number of methoxy groups -OCH3 is 1. The first kappa shape index (κ1) is 52.6. The minimum absolute atomic E-state index is 0.0477. The highest BCUT2D eigenvalue weighted by Gasteiger charge is 2.77. The van der Waals surface area contributed by atoms with Gasteiger partial charge in [0, 0.05) is 29.9 Å². The van der Waals surface area contributed by atoms with Crippen molar-refractivity contribution in [2.24, 2.45) is 29.6 Å². The second kappa shape index (κ2) is 20.1. The zero-order valence-electron chi connectivity index (χ0n) is 41.3. The van der Waals surface area contributed by atoms with Crippen LogP contribution in [0.3, 0.4) is 0 Å². The Labute approximate surface area is 412 Å². The van der Waals surface area contributed by atoms with E-state index < -0.39 is 114 Å². The Morgan fingerprint density at radius 2 is 1.62 bits per heavy atom. The molecule has 2 aromatic carbocycles. The molecular formula is C54H62N2O15. The van der Waals surface area contributed by atoms with Crippen LogP contribution in [-0.2, 0) is 25.5 Å². The summed E-state index contributed by atoms with van der Waals surface area (Å²) in [6, 6.07) is 9.35. The first-order valence-corrected chi connectivity index (χ1v) is 23.8. The number of ketones is 2. The van der Waals surface area contributed by atoms with Crippen molar-refractivity contribution in [3.05, 3.63) is 87.0 Å². The van der Waals surface area contributed by atoms with Crippen molar-refractivity contribution in [1.29, 1.82) is 10.5 Å². The van der Waals surface area contributed by atoms with Gasteiger partial charge >= 0.3 is 11.9 Å². The average molecular weight is 979 g/mol. The molecule has 3 fully saturated rings. The highest BCUT2D eigenvalue weighted by Crippen LogP contribution is 2.66. The fourth-order valence-corrected chi connectivity index (χ4v) is 11.0. The molecule has 3 aliphatic heterocycles. The predicted octanol–water partition coefficient (Wildman–Crippen LogP) is 5.58. The van der Waals surface area contributed by atoms with Gasteiger partial charge in [-0.3, -0.25) is 9.59 Å². The van der Waals surface area contributed by atoms with Gasteiger partial charge in [0.1, 0.15) is 58.7 Å². The molecule has 7 rings (SSSR count). The summed E-state index contributed by atoms with van der Waals surface area (Å²) in [5, 5.41) is 74.6. The lowest BCUT2D eigenvalue weighted by molar-refractivity contribution is -0.277. The zero-order chi connectivity index (χ0) is 52.1. The van der Waals surface area contributed by atoms with Gasteiger partial charge in [0.2, 0.25) is 6.29 Å². The minimum atomic E-state index is -2.48. The van der Waals surface area contributed by atoms with E-state index in [0.717, 1.165) is 11.1 Å². The summed E-state index contributed by atoms with van der Waals surface area (Å²) in [7, 11) is 1.22.